The van der Waals surface area contributed by atoms with Crippen LogP contribution in [0, 0.1) is 11.8 Å². The van der Waals surface area contributed by atoms with Crippen molar-refractivity contribution in [3.05, 3.63) is 23.8 Å². The molecule has 0 spiro atoms. The van der Waals surface area contributed by atoms with Crippen LogP contribution in [0.3, 0.4) is 0 Å². The highest BCUT2D eigenvalue weighted by Gasteiger charge is 2.25. The fourth-order valence-electron chi connectivity index (χ4n) is 3.48. The van der Waals surface area contributed by atoms with Gasteiger partial charge in [-0.3, -0.25) is 4.79 Å². The minimum absolute atomic E-state index is 0.163. The Morgan fingerprint density at radius 3 is 2.14 bits per heavy atom. The van der Waals surface area contributed by atoms with Gasteiger partial charge in [0.05, 0.1) is 21.3 Å². The van der Waals surface area contributed by atoms with Gasteiger partial charge < -0.3 is 23.8 Å². The van der Waals surface area contributed by atoms with Crippen molar-refractivity contribution in [1.82, 2.24) is 4.90 Å². The van der Waals surface area contributed by atoms with Crippen LogP contribution in [0.1, 0.15) is 25.8 Å². The summed E-state index contributed by atoms with van der Waals surface area (Å²) >= 11 is 0. The number of nitrogens with zero attached hydrogens (tertiary/aromatic N) is 1. The Hall–Kier alpha value is -2.70. The lowest BCUT2D eigenvalue weighted by Gasteiger charge is -2.34. The molecule has 7 nitrogen and oxygen atoms in total. The Labute approximate surface area is 166 Å². The van der Waals surface area contributed by atoms with Crippen LogP contribution in [0.15, 0.2) is 18.2 Å². The van der Waals surface area contributed by atoms with Gasteiger partial charge in [-0.15, -0.1) is 0 Å². The van der Waals surface area contributed by atoms with Crippen molar-refractivity contribution in [3.8, 4) is 17.2 Å². The van der Waals surface area contributed by atoms with Crippen LogP contribution >= 0.6 is 0 Å². The molecule has 1 fully saturated rings. The molecular formula is C21H29NO6. The molecule has 0 aliphatic carbocycles. The van der Waals surface area contributed by atoms with Gasteiger partial charge >= 0.3 is 5.97 Å². The van der Waals surface area contributed by atoms with E-state index in [0.717, 1.165) is 6.42 Å². The van der Waals surface area contributed by atoms with E-state index in [1.54, 1.807) is 23.1 Å². The molecule has 1 aromatic rings. The molecule has 0 saturated carbocycles. The second-order valence-corrected chi connectivity index (χ2v) is 7.13. The van der Waals surface area contributed by atoms with Crippen molar-refractivity contribution in [2.75, 3.05) is 41.0 Å². The molecule has 0 N–H and O–H groups in total. The van der Waals surface area contributed by atoms with Crippen LogP contribution in [0.2, 0.25) is 0 Å². The van der Waals surface area contributed by atoms with E-state index >= 15 is 0 Å². The lowest BCUT2D eigenvalue weighted by Crippen LogP contribution is -2.44. The third kappa shape index (κ3) is 5.65. The average Bonchev–Trinajstić information content (AvgIpc) is 2.68. The maximum atomic E-state index is 12.3. The van der Waals surface area contributed by atoms with E-state index in [4.69, 9.17) is 18.9 Å². The Kier molecular flexibility index (Phi) is 7.72. The van der Waals surface area contributed by atoms with E-state index < -0.39 is 5.97 Å². The number of rotatable bonds is 7. The summed E-state index contributed by atoms with van der Waals surface area (Å²) in [6, 6.07) is 3.37. The normalized spacial score (nSPS) is 19.4. The van der Waals surface area contributed by atoms with E-state index in [1.165, 1.54) is 27.4 Å². The summed E-state index contributed by atoms with van der Waals surface area (Å²) in [4.78, 5) is 26.1. The summed E-state index contributed by atoms with van der Waals surface area (Å²) in [5.74, 6) is 1.72. The molecule has 0 aromatic heterocycles. The van der Waals surface area contributed by atoms with Gasteiger partial charge in [0.1, 0.15) is 5.75 Å². The van der Waals surface area contributed by atoms with E-state index in [0.29, 0.717) is 47.7 Å². The van der Waals surface area contributed by atoms with E-state index in [9.17, 15) is 9.59 Å². The number of carbonyl (C=O) groups is 2. The molecule has 1 saturated heterocycles. The van der Waals surface area contributed by atoms with E-state index in [2.05, 4.69) is 13.8 Å². The second kappa shape index (κ2) is 10.0. The summed E-state index contributed by atoms with van der Waals surface area (Å²) in [6.45, 7) is 5.41. The molecule has 1 heterocycles. The Balaban J connectivity index is 1.97. The molecule has 1 aromatic carbocycles. The molecule has 0 unspecified atom stereocenters. The van der Waals surface area contributed by atoms with Gasteiger partial charge in [-0.25, -0.2) is 4.79 Å². The van der Waals surface area contributed by atoms with Gasteiger partial charge in [0.15, 0.2) is 18.1 Å². The van der Waals surface area contributed by atoms with Crippen LogP contribution in [0.5, 0.6) is 17.2 Å². The third-order valence-corrected chi connectivity index (χ3v) is 4.69. The van der Waals surface area contributed by atoms with Gasteiger partial charge in [-0.1, -0.05) is 13.8 Å². The van der Waals surface area contributed by atoms with Crippen molar-refractivity contribution in [2.24, 2.45) is 11.8 Å². The first-order valence-electron chi connectivity index (χ1n) is 9.30. The lowest BCUT2D eigenvalue weighted by molar-refractivity contribution is -0.149. The largest absolute Gasteiger partial charge is 0.496 e. The predicted octanol–water partition coefficient (Wildman–Crippen LogP) is 2.77. The molecule has 0 bridgehead atoms. The van der Waals surface area contributed by atoms with Crippen molar-refractivity contribution in [2.45, 2.75) is 20.3 Å². The first-order valence-corrected chi connectivity index (χ1v) is 9.30. The highest BCUT2D eigenvalue weighted by Crippen LogP contribution is 2.35. The van der Waals surface area contributed by atoms with E-state index in [1.807, 2.05) is 0 Å². The van der Waals surface area contributed by atoms with Gasteiger partial charge in [-0.05, 0) is 30.4 Å². The van der Waals surface area contributed by atoms with Crippen LogP contribution in [0.4, 0.5) is 0 Å². The van der Waals surface area contributed by atoms with Crippen molar-refractivity contribution in [3.63, 3.8) is 0 Å². The number of methoxy groups -OCH3 is 3. The second-order valence-electron chi connectivity index (χ2n) is 7.13. The van der Waals surface area contributed by atoms with Crippen molar-refractivity contribution in [1.29, 1.82) is 0 Å². The zero-order valence-electron chi connectivity index (χ0n) is 17.2. The molecule has 1 aliphatic rings. The average molecular weight is 391 g/mol. The smallest absolute Gasteiger partial charge is 0.331 e. The molecule has 1 amide bonds. The van der Waals surface area contributed by atoms with Crippen LogP contribution in [-0.4, -0.2) is 57.8 Å². The monoisotopic (exact) mass is 391 g/mol. The van der Waals surface area contributed by atoms with Crippen LogP contribution < -0.4 is 14.2 Å². The number of hydrogen-bond acceptors (Lipinski definition) is 6. The number of benzene rings is 1. The predicted molar refractivity (Wildman–Crippen MR) is 106 cm³/mol. The van der Waals surface area contributed by atoms with Gasteiger partial charge in [0.2, 0.25) is 0 Å². The molecule has 1 aliphatic heterocycles. The Bertz CT molecular complexity index is 720. The van der Waals surface area contributed by atoms with Crippen LogP contribution in [0.25, 0.3) is 6.08 Å². The molecule has 7 heteroatoms. The van der Waals surface area contributed by atoms with Crippen molar-refractivity contribution >= 4 is 18.0 Å². The number of ether oxygens (including phenoxy) is 4. The zero-order chi connectivity index (χ0) is 20.7. The molecule has 28 heavy (non-hydrogen) atoms. The quantitative estimate of drug-likeness (QED) is 0.526. The summed E-state index contributed by atoms with van der Waals surface area (Å²) in [5.41, 5.74) is 0.627. The van der Waals surface area contributed by atoms with Gasteiger partial charge in [0, 0.05) is 30.8 Å². The minimum Gasteiger partial charge on any atom is -0.496 e. The maximum Gasteiger partial charge on any atom is 0.331 e. The van der Waals surface area contributed by atoms with E-state index in [-0.39, 0.29) is 12.5 Å². The molecule has 2 rings (SSSR count). The number of likely N-dealkylation sites (tertiary alicyclic amines) is 1. The maximum absolute atomic E-state index is 12.3. The van der Waals surface area contributed by atoms with Crippen LogP contribution in [-0.2, 0) is 14.3 Å². The minimum atomic E-state index is -0.594. The summed E-state index contributed by atoms with van der Waals surface area (Å²) in [6.07, 6.45) is 3.93. The number of amides is 1. The SMILES string of the molecule is COc1cc(OC)c(OC)cc1/C=C/C(=O)OCC(=O)N1C[C@H](C)C[C@H](C)C1. The molecule has 2 atom stereocenters. The lowest BCUT2D eigenvalue weighted by atomic mass is 9.92. The Morgan fingerprint density at radius 2 is 1.57 bits per heavy atom. The molecule has 0 radical (unpaired) electrons. The zero-order valence-corrected chi connectivity index (χ0v) is 17.2. The summed E-state index contributed by atoms with van der Waals surface area (Å²) in [7, 11) is 4.58. The number of esters is 1. The van der Waals surface area contributed by atoms with Gasteiger partial charge in [0.25, 0.3) is 5.91 Å². The molecular weight excluding hydrogens is 362 g/mol. The highest BCUT2D eigenvalue weighted by atomic mass is 16.5. The Morgan fingerprint density at radius 1 is 1.00 bits per heavy atom. The fraction of sp³-hybridized carbons (Fsp3) is 0.524. The molecule has 154 valence electrons. The third-order valence-electron chi connectivity index (χ3n) is 4.69. The number of hydrogen-bond donors (Lipinski definition) is 0. The first kappa shape index (κ1) is 21.6. The standard InChI is InChI=1S/C21H29NO6/c1-14-8-15(2)12-22(11-14)20(23)13-28-21(24)7-6-16-9-18(26-4)19(27-5)10-17(16)25-3/h6-7,9-10,14-15H,8,11-13H2,1-5H3/b7-6+/t14-,15+. The fourth-order valence-corrected chi connectivity index (χ4v) is 3.48. The van der Waals surface area contributed by atoms with Gasteiger partial charge in [-0.2, -0.15) is 0 Å². The topological polar surface area (TPSA) is 74.3 Å². The summed E-state index contributed by atoms with van der Waals surface area (Å²) in [5, 5.41) is 0. The first-order chi connectivity index (χ1) is 13.4. The van der Waals surface area contributed by atoms with Crippen molar-refractivity contribution < 1.29 is 28.5 Å². The highest BCUT2D eigenvalue weighted by molar-refractivity contribution is 5.90. The number of piperidine rings is 1. The summed E-state index contributed by atoms with van der Waals surface area (Å²) < 4.78 is 20.9. The number of carbonyl (C=O) groups excluding carboxylic acids is 2.